The van der Waals surface area contributed by atoms with E-state index in [4.69, 9.17) is 4.74 Å². The number of benzene rings is 1. The number of nitrogens with zero attached hydrogens (tertiary/aromatic N) is 2. The van der Waals surface area contributed by atoms with Gasteiger partial charge in [-0.25, -0.2) is 0 Å². The highest BCUT2D eigenvalue weighted by Gasteiger charge is 2.33. The number of likely N-dealkylation sites (tertiary alicyclic amines) is 1. The smallest absolute Gasteiger partial charge is 0.406 e. The van der Waals surface area contributed by atoms with Crippen LogP contribution in [0.25, 0.3) is 10.9 Å². The minimum atomic E-state index is -4.29. The van der Waals surface area contributed by atoms with Crippen LogP contribution in [-0.2, 0) is 16.1 Å². The second-order valence-corrected chi connectivity index (χ2v) is 7.55. The molecule has 0 spiro atoms. The maximum Gasteiger partial charge on any atom is 0.406 e. The summed E-state index contributed by atoms with van der Waals surface area (Å²) in [5.41, 5.74) is 0.476. The molecule has 1 N–H and O–H groups in total. The van der Waals surface area contributed by atoms with E-state index in [1.807, 2.05) is 0 Å². The molecule has 3 heterocycles. The highest BCUT2D eigenvalue weighted by Crippen LogP contribution is 2.31. The number of nitrogens with one attached hydrogen (secondary N) is 1. The van der Waals surface area contributed by atoms with Crippen LogP contribution >= 0.6 is 0 Å². The number of hydrogen-bond donors (Lipinski definition) is 1. The fourth-order valence-electron chi connectivity index (χ4n) is 4.02. The zero-order valence-electron chi connectivity index (χ0n) is 15.7. The van der Waals surface area contributed by atoms with E-state index < -0.39 is 18.8 Å². The molecule has 0 radical (unpaired) electrons. The zero-order valence-corrected chi connectivity index (χ0v) is 15.7. The molecule has 0 saturated carbocycles. The fraction of sp³-hybridized carbons (Fsp3) is 0.500. The Labute approximate surface area is 165 Å². The second kappa shape index (κ2) is 7.61. The molecule has 0 bridgehead atoms. The molecule has 1 unspecified atom stereocenters. The SMILES string of the molecule is O=C1CCC(C(=O)N2CCC(Oc3cccc4c3ccn4CC(F)(F)F)CC2)N1. The van der Waals surface area contributed by atoms with Crippen molar-refractivity contribution in [1.29, 1.82) is 0 Å². The Morgan fingerprint density at radius 1 is 1.17 bits per heavy atom. The number of piperidine rings is 1. The minimum absolute atomic E-state index is 0.0550. The van der Waals surface area contributed by atoms with Crippen molar-refractivity contribution in [3.05, 3.63) is 30.5 Å². The molecule has 2 fully saturated rings. The Hall–Kier alpha value is -2.71. The second-order valence-electron chi connectivity index (χ2n) is 7.55. The first-order valence-electron chi connectivity index (χ1n) is 9.69. The number of carbonyl (C=O) groups is 2. The van der Waals surface area contributed by atoms with Gasteiger partial charge in [-0.05, 0) is 24.6 Å². The number of alkyl halides is 3. The van der Waals surface area contributed by atoms with Gasteiger partial charge in [0.15, 0.2) is 0 Å². The standard InChI is InChI=1S/C20H22F3N3O3/c21-20(22,23)12-26-11-8-14-16(26)2-1-3-17(14)29-13-6-9-25(10-7-13)19(28)15-4-5-18(27)24-15/h1-3,8,11,13,15H,4-7,9-10,12H2,(H,24,27). The van der Waals surface area contributed by atoms with E-state index in [2.05, 4.69) is 5.32 Å². The van der Waals surface area contributed by atoms with Gasteiger partial charge in [0.2, 0.25) is 11.8 Å². The van der Waals surface area contributed by atoms with Gasteiger partial charge in [0, 0.05) is 43.9 Å². The average molecular weight is 409 g/mol. The predicted molar refractivity (Wildman–Crippen MR) is 99.4 cm³/mol. The lowest BCUT2D eigenvalue weighted by molar-refractivity contribution is -0.140. The summed E-state index contributed by atoms with van der Waals surface area (Å²) in [5.74, 6) is 0.406. The Kier molecular flexibility index (Phi) is 5.14. The van der Waals surface area contributed by atoms with E-state index in [9.17, 15) is 22.8 Å². The van der Waals surface area contributed by atoms with Crippen molar-refractivity contribution >= 4 is 22.7 Å². The van der Waals surface area contributed by atoms with Gasteiger partial charge in [-0.15, -0.1) is 0 Å². The average Bonchev–Trinajstić information content (AvgIpc) is 3.28. The van der Waals surface area contributed by atoms with Crippen LogP contribution in [0.4, 0.5) is 13.2 Å². The summed E-state index contributed by atoms with van der Waals surface area (Å²) < 4.78 is 45.5. The highest BCUT2D eigenvalue weighted by atomic mass is 19.4. The molecular weight excluding hydrogens is 387 g/mol. The van der Waals surface area contributed by atoms with Crippen LogP contribution in [0.3, 0.4) is 0 Å². The normalized spacial score (nSPS) is 20.9. The van der Waals surface area contributed by atoms with Crippen LogP contribution in [0.2, 0.25) is 0 Å². The van der Waals surface area contributed by atoms with E-state index >= 15 is 0 Å². The molecule has 2 aliphatic rings. The van der Waals surface area contributed by atoms with Crippen molar-refractivity contribution in [1.82, 2.24) is 14.8 Å². The van der Waals surface area contributed by atoms with E-state index in [0.717, 1.165) is 0 Å². The molecule has 4 rings (SSSR count). The number of aromatic nitrogens is 1. The van der Waals surface area contributed by atoms with Gasteiger partial charge in [-0.2, -0.15) is 13.2 Å². The van der Waals surface area contributed by atoms with Crippen LogP contribution in [0.1, 0.15) is 25.7 Å². The first-order valence-corrected chi connectivity index (χ1v) is 9.69. The van der Waals surface area contributed by atoms with Crippen LogP contribution in [0.5, 0.6) is 5.75 Å². The Morgan fingerprint density at radius 3 is 2.59 bits per heavy atom. The summed E-state index contributed by atoms with van der Waals surface area (Å²) in [5, 5.41) is 3.34. The van der Waals surface area contributed by atoms with Gasteiger partial charge in [-0.3, -0.25) is 9.59 Å². The predicted octanol–water partition coefficient (Wildman–Crippen LogP) is 2.85. The van der Waals surface area contributed by atoms with Crippen molar-refractivity contribution in [2.75, 3.05) is 13.1 Å². The first kappa shape index (κ1) is 19.6. The number of fused-ring (bicyclic) bond motifs is 1. The van der Waals surface area contributed by atoms with Crippen LogP contribution in [0.15, 0.2) is 30.5 Å². The Morgan fingerprint density at radius 2 is 1.93 bits per heavy atom. The molecule has 2 aliphatic heterocycles. The molecule has 6 nitrogen and oxygen atoms in total. The van der Waals surface area contributed by atoms with E-state index in [1.54, 1.807) is 29.2 Å². The van der Waals surface area contributed by atoms with Crippen LogP contribution in [-0.4, -0.2) is 52.7 Å². The zero-order chi connectivity index (χ0) is 20.6. The summed E-state index contributed by atoms with van der Waals surface area (Å²) in [6.45, 7) is 0.0139. The topological polar surface area (TPSA) is 63.6 Å². The minimum Gasteiger partial charge on any atom is -0.490 e. The quantitative estimate of drug-likeness (QED) is 0.845. The Bertz CT molecular complexity index is 917. The van der Waals surface area contributed by atoms with Gasteiger partial charge in [0.1, 0.15) is 24.4 Å². The lowest BCUT2D eigenvalue weighted by Crippen LogP contribution is -2.49. The summed E-state index contributed by atoms with van der Waals surface area (Å²) in [6.07, 6.45) is -0.811. The molecule has 0 aliphatic carbocycles. The first-order chi connectivity index (χ1) is 13.8. The summed E-state index contributed by atoms with van der Waals surface area (Å²) in [4.78, 5) is 25.5. The lowest BCUT2D eigenvalue weighted by Gasteiger charge is -2.33. The van der Waals surface area contributed by atoms with Gasteiger partial charge in [-0.1, -0.05) is 6.07 Å². The molecule has 156 valence electrons. The number of carbonyl (C=O) groups excluding carboxylic acids is 2. The number of halogens is 3. The molecule has 2 amide bonds. The number of rotatable bonds is 4. The number of ether oxygens (including phenoxy) is 1. The van der Waals surface area contributed by atoms with Crippen molar-refractivity contribution in [3.8, 4) is 5.75 Å². The molecular formula is C20H22F3N3O3. The molecule has 1 aromatic heterocycles. The van der Waals surface area contributed by atoms with Crippen LogP contribution < -0.4 is 10.1 Å². The van der Waals surface area contributed by atoms with E-state index in [-0.39, 0.29) is 17.9 Å². The third-order valence-electron chi connectivity index (χ3n) is 5.46. The van der Waals surface area contributed by atoms with Crippen molar-refractivity contribution < 1.29 is 27.5 Å². The van der Waals surface area contributed by atoms with Gasteiger partial charge in [0.05, 0.1) is 5.52 Å². The highest BCUT2D eigenvalue weighted by molar-refractivity contribution is 5.91. The lowest BCUT2D eigenvalue weighted by atomic mass is 10.1. The maximum absolute atomic E-state index is 12.7. The van der Waals surface area contributed by atoms with Crippen molar-refractivity contribution in [2.45, 2.75) is 50.6 Å². The fourth-order valence-corrected chi connectivity index (χ4v) is 4.02. The van der Waals surface area contributed by atoms with Gasteiger partial charge in [0.25, 0.3) is 0 Å². The molecule has 2 aromatic rings. The van der Waals surface area contributed by atoms with E-state index in [0.29, 0.717) is 55.4 Å². The van der Waals surface area contributed by atoms with Crippen molar-refractivity contribution in [3.63, 3.8) is 0 Å². The number of amides is 2. The monoisotopic (exact) mass is 409 g/mol. The van der Waals surface area contributed by atoms with Crippen LogP contribution in [0, 0.1) is 0 Å². The third kappa shape index (κ3) is 4.33. The summed E-state index contributed by atoms with van der Waals surface area (Å²) in [6, 6.07) is 6.29. The Balaban J connectivity index is 1.39. The summed E-state index contributed by atoms with van der Waals surface area (Å²) in [7, 11) is 0. The molecule has 1 atom stereocenters. The van der Waals surface area contributed by atoms with Gasteiger partial charge >= 0.3 is 6.18 Å². The molecule has 29 heavy (non-hydrogen) atoms. The van der Waals surface area contributed by atoms with Crippen molar-refractivity contribution in [2.24, 2.45) is 0 Å². The largest absolute Gasteiger partial charge is 0.490 e. The van der Waals surface area contributed by atoms with E-state index in [1.165, 1.54) is 10.8 Å². The maximum atomic E-state index is 12.7. The number of hydrogen-bond acceptors (Lipinski definition) is 3. The molecule has 1 aromatic carbocycles. The summed E-state index contributed by atoms with van der Waals surface area (Å²) >= 11 is 0. The third-order valence-corrected chi connectivity index (χ3v) is 5.46. The van der Waals surface area contributed by atoms with Gasteiger partial charge < -0.3 is 19.5 Å². The molecule has 2 saturated heterocycles. The molecule has 9 heteroatoms.